The van der Waals surface area contributed by atoms with Crippen molar-refractivity contribution in [1.29, 1.82) is 0 Å². The highest BCUT2D eigenvalue weighted by atomic mass is 16.2. The summed E-state index contributed by atoms with van der Waals surface area (Å²) in [5.74, 6) is -0.0948. The van der Waals surface area contributed by atoms with Gasteiger partial charge in [-0.3, -0.25) is 9.59 Å². The van der Waals surface area contributed by atoms with E-state index in [4.69, 9.17) is 0 Å². The largest absolute Gasteiger partial charge is 0.352 e. The predicted octanol–water partition coefficient (Wildman–Crippen LogP) is -0.342. The molecule has 0 saturated carbocycles. The average Bonchev–Trinajstić information content (AvgIpc) is 2.40. The molecule has 18 heavy (non-hydrogen) atoms. The van der Waals surface area contributed by atoms with Gasteiger partial charge < -0.3 is 15.5 Å². The van der Waals surface area contributed by atoms with E-state index in [1.54, 1.807) is 4.90 Å². The lowest BCUT2D eigenvalue weighted by Crippen LogP contribution is -2.65. The molecule has 2 aliphatic heterocycles. The summed E-state index contributed by atoms with van der Waals surface area (Å²) in [6, 6.07) is 9.02. The predicted molar refractivity (Wildman–Crippen MR) is 65.7 cm³/mol. The van der Waals surface area contributed by atoms with Crippen molar-refractivity contribution >= 4 is 11.8 Å². The highest BCUT2D eigenvalue weighted by Gasteiger charge is 2.41. The molecule has 1 aromatic rings. The second-order valence-corrected chi connectivity index (χ2v) is 4.64. The minimum Gasteiger partial charge on any atom is -0.352 e. The number of benzene rings is 1. The van der Waals surface area contributed by atoms with Crippen molar-refractivity contribution < 1.29 is 9.59 Å². The van der Waals surface area contributed by atoms with Crippen LogP contribution in [0.1, 0.15) is 11.6 Å². The summed E-state index contributed by atoms with van der Waals surface area (Å²) in [5.41, 5.74) is 0.870. The molecule has 0 bridgehead atoms. The third-order valence-electron chi connectivity index (χ3n) is 3.49. The normalized spacial score (nSPS) is 27.7. The quantitative estimate of drug-likeness (QED) is 0.711. The molecule has 0 aromatic heterocycles. The first-order chi connectivity index (χ1) is 8.77. The lowest BCUT2D eigenvalue weighted by molar-refractivity contribution is -0.148. The standard InChI is InChI=1S/C13H15N3O2/c17-11-8-14-6-10-7-15-13(18)12(16(10)11)9-4-2-1-3-5-9/h1-5,10,12,14H,6-8H2,(H,15,18). The van der Waals surface area contributed by atoms with Gasteiger partial charge >= 0.3 is 0 Å². The van der Waals surface area contributed by atoms with Gasteiger partial charge in [-0.1, -0.05) is 30.3 Å². The molecular weight excluding hydrogens is 230 g/mol. The van der Waals surface area contributed by atoms with Gasteiger partial charge in [0, 0.05) is 13.1 Å². The molecular formula is C13H15N3O2. The Bertz CT molecular complexity index is 474. The lowest BCUT2D eigenvalue weighted by atomic mass is 9.97. The Balaban J connectivity index is 1.98. The van der Waals surface area contributed by atoms with Gasteiger partial charge in [0.25, 0.3) is 0 Å². The first-order valence-electron chi connectivity index (χ1n) is 6.12. The number of piperazine rings is 2. The molecule has 5 heteroatoms. The fourth-order valence-electron chi connectivity index (χ4n) is 2.65. The molecule has 2 saturated heterocycles. The fraction of sp³-hybridized carbons (Fsp3) is 0.385. The molecule has 2 N–H and O–H groups in total. The Hall–Kier alpha value is -1.88. The van der Waals surface area contributed by atoms with E-state index in [0.717, 1.165) is 12.1 Å². The van der Waals surface area contributed by atoms with Crippen molar-refractivity contribution in [3.63, 3.8) is 0 Å². The van der Waals surface area contributed by atoms with Crippen LogP contribution >= 0.6 is 0 Å². The molecule has 1 aromatic carbocycles. The van der Waals surface area contributed by atoms with Gasteiger partial charge in [-0.25, -0.2) is 0 Å². The number of fused-ring (bicyclic) bond motifs is 1. The number of hydrogen-bond acceptors (Lipinski definition) is 3. The van der Waals surface area contributed by atoms with E-state index >= 15 is 0 Å². The van der Waals surface area contributed by atoms with Crippen molar-refractivity contribution in [2.24, 2.45) is 0 Å². The second-order valence-electron chi connectivity index (χ2n) is 4.64. The van der Waals surface area contributed by atoms with Crippen LogP contribution in [0.2, 0.25) is 0 Å². The molecule has 0 aliphatic carbocycles. The lowest BCUT2D eigenvalue weighted by Gasteiger charge is -2.44. The summed E-state index contributed by atoms with van der Waals surface area (Å²) in [5, 5.41) is 5.96. The summed E-state index contributed by atoms with van der Waals surface area (Å²) in [6.45, 7) is 1.57. The van der Waals surface area contributed by atoms with Crippen molar-refractivity contribution in [3.8, 4) is 0 Å². The van der Waals surface area contributed by atoms with Crippen LogP contribution in [0, 0.1) is 0 Å². The van der Waals surface area contributed by atoms with E-state index < -0.39 is 6.04 Å². The zero-order valence-corrected chi connectivity index (χ0v) is 9.93. The maximum Gasteiger partial charge on any atom is 0.247 e. The van der Waals surface area contributed by atoms with Crippen LogP contribution in [0.4, 0.5) is 0 Å². The van der Waals surface area contributed by atoms with Crippen LogP contribution in [-0.2, 0) is 9.59 Å². The molecule has 3 rings (SSSR count). The van der Waals surface area contributed by atoms with Crippen LogP contribution in [0.5, 0.6) is 0 Å². The van der Waals surface area contributed by atoms with Crippen LogP contribution in [0.15, 0.2) is 30.3 Å². The van der Waals surface area contributed by atoms with Crippen LogP contribution in [0.25, 0.3) is 0 Å². The monoisotopic (exact) mass is 245 g/mol. The Kier molecular flexibility index (Phi) is 2.76. The number of amides is 2. The molecule has 2 fully saturated rings. The van der Waals surface area contributed by atoms with Gasteiger partial charge in [0.05, 0.1) is 12.6 Å². The van der Waals surface area contributed by atoms with E-state index in [-0.39, 0.29) is 17.9 Å². The second kappa shape index (κ2) is 4.42. The number of carbonyl (C=O) groups excluding carboxylic acids is 2. The zero-order valence-electron chi connectivity index (χ0n) is 9.93. The first-order valence-corrected chi connectivity index (χ1v) is 6.12. The number of rotatable bonds is 1. The molecule has 5 nitrogen and oxygen atoms in total. The SMILES string of the molecule is O=C1NCC2CNCC(=O)N2C1c1ccccc1. The van der Waals surface area contributed by atoms with Gasteiger partial charge in [-0.15, -0.1) is 0 Å². The number of nitrogens with one attached hydrogen (secondary N) is 2. The van der Waals surface area contributed by atoms with Gasteiger partial charge in [-0.2, -0.15) is 0 Å². The van der Waals surface area contributed by atoms with E-state index in [1.165, 1.54) is 0 Å². The molecule has 2 heterocycles. The van der Waals surface area contributed by atoms with E-state index in [2.05, 4.69) is 10.6 Å². The van der Waals surface area contributed by atoms with Crippen LogP contribution < -0.4 is 10.6 Å². The number of hydrogen-bond donors (Lipinski definition) is 2. The topological polar surface area (TPSA) is 61.4 Å². The van der Waals surface area contributed by atoms with Gasteiger partial charge in [0.1, 0.15) is 6.04 Å². The zero-order chi connectivity index (χ0) is 12.5. The highest BCUT2D eigenvalue weighted by molar-refractivity contribution is 5.91. The Labute approximate surface area is 105 Å². The molecule has 2 aliphatic rings. The average molecular weight is 245 g/mol. The number of nitrogens with zero attached hydrogens (tertiary/aromatic N) is 1. The number of carbonyl (C=O) groups is 2. The molecule has 0 spiro atoms. The maximum atomic E-state index is 12.1. The Morgan fingerprint density at radius 3 is 2.67 bits per heavy atom. The summed E-state index contributed by atoms with van der Waals surface area (Å²) >= 11 is 0. The van der Waals surface area contributed by atoms with Gasteiger partial charge in [0.15, 0.2) is 0 Å². The van der Waals surface area contributed by atoms with E-state index in [9.17, 15) is 9.59 Å². The molecule has 2 amide bonds. The summed E-state index contributed by atoms with van der Waals surface area (Å²) in [7, 11) is 0. The van der Waals surface area contributed by atoms with E-state index in [0.29, 0.717) is 13.1 Å². The van der Waals surface area contributed by atoms with Crippen LogP contribution in [0.3, 0.4) is 0 Å². The molecule has 2 atom stereocenters. The van der Waals surface area contributed by atoms with Crippen molar-refractivity contribution in [1.82, 2.24) is 15.5 Å². The Morgan fingerprint density at radius 2 is 1.89 bits per heavy atom. The minimum absolute atomic E-state index is 0.00467. The van der Waals surface area contributed by atoms with Crippen molar-refractivity contribution in [3.05, 3.63) is 35.9 Å². The molecule has 2 unspecified atom stereocenters. The first kappa shape index (κ1) is 11.2. The third-order valence-corrected chi connectivity index (χ3v) is 3.49. The third kappa shape index (κ3) is 1.76. The minimum atomic E-state index is -0.487. The van der Waals surface area contributed by atoms with E-state index in [1.807, 2.05) is 30.3 Å². The fourth-order valence-corrected chi connectivity index (χ4v) is 2.65. The highest BCUT2D eigenvalue weighted by Crippen LogP contribution is 2.27. The summed E-state index contributed by atoms with van der Waals surface area (Å²) in [4.78, 5) is 25.8. The maximum absolute atomic E-state index is 12.1. The van der Waals surface area contributed by atoms with Crippen molar-refractivity contribution in [2.45, 2.75) is 12.1 Å². The smallest absolute Gasteiger partial charge is 0.247 e. The van der Waals surface area contributed by atoms with Crippen molar-refractivity contribution in [2.75, 3.05) is 19.6 Å². The Morgan fingerprint density at radius 1 is 1.11 bits per heavy atom. The summed E-state index contributed by atoms with van der Waals surface area (Å²) < 4.78 is 0. The molecule has 0 radical (unpaired) electrons. The molecule has 94 valence electrons. The van der Waals surface area contributed by atoms with Gasteiger partial charge in [-0.05, 0) is 5.56 Å². The van der Waals surface area contributed by atoms with Crippen LogP contribution in [-0.4, -0.2) is 42.4 Å². The van der Waals surface area contributed by atoms with Gasteiger partial charge in [0.2, 0.25) is 11.8 Å². The summed E-state index contributed by atoms with van der Waals surface area (Å²) in [6.07, 6.45) is 0.